The number of nitrogens with one attached hydrogen (secondary N) is 1. The molecule has 1 atom stereocenters. The number of ether oxygens (including phenoxy) is 1. The molecule has 0 radical (unpaired) electrons. The van der Waals surface area contributed by atoms with E-state index in [2.05, 4.69) is 5.32 Å². The van der Waals surface area contributed by atoms with Gasteiger partial charge in [-0.3, -0.25) is 9.59 Å². The van der Waals surface area contributed by atoms with Crippen molar-refractivity contribution in [2.24, 2.45) is 0 Å². The second kappa shape index (κ2) is 7.36. The Bertz CT molecular complexity index is 477. The third kappa shape index (κ3) is 5.09. The quantitative estimate of drug-likeness (QED) is 0.850. The Kier molecular flexibility index (Phi) is 6.12. The van der Waals surface area contributed by atoms with E-state index in [0.717, 1.165) is 5.56 Å². The minimum atomic E-state index is -0.410. The summed E-state index contributed by atoms with van der Waals surface area (Å²) in [5, 5.41) is 3.70. The topological polar surface area (TPSA) is 55.4 Å². The third-order valence-corrected chi connectivity index (χ3v) is 3.02. The highest BCUT2D eigenvalue weighted by molar-refractivity contribution is 6.35. The first-order chi connectivity index (χ1) is 8.93. The van der Waals surface area contributed by atoms with E-state index in [9.17, 15) is 9.59 Å². The predicted molar refractivity (Wildman–Crippen MR) is 74.3 cm³/mol. The fraction of sp³-hybridized carbons (Fsp3) is 0.385. The van der Waals surface area contributed by atoms with Crippen LogP contribution in [0.15, 0.2) is 18.2 Å². The van der Waals surface area contributed by atoms with E-state index in [1.54, 1.807) is 32.0 Å². The summed E-state index contributed by atoms with van der Waals surface area (Å²) < 4.78 is 4.73. The second-order valence-corrected chi connectivity index (χ2v) is 4.81. The highest BCUT2D eigenvalue weighted by Gasteiger charge is 2.14. The summed E-state index contributed by atoms with van der Waals surface area (Å²) in [5.41, 5.74) is 0.751. The smallest absolute Gasteiger partial charge is 0.306 e. The van der Waals surface area contributed by atoms with Crippen LogP contribution in [0.1, 0.15) is 31.9 Å². The Morgan fingerprint density at radius 1 is 1.37 bits per heavy atom. The Hall–Kier alpha value is -1.26. The molecule has 0 aliphatic carbocycles. The summed E-state index contributed by atoms with van der Waals surface area (Å²) in [6.45, 7) is 3.16. The highest BCUT2D eigenvalue weighted by Crippen LogP contribution is 2.25. The van der Waals surface area contributed by atoms with E-state index >= 15 is 0 Å². The van der Waals surface area contributed by atoms with Crippen LogP contribution >= 0.6 is 23.2 Å². The first-order valence-electron chi connectivity index (χ1n) is 5.84. The van der Waals surface area contributed by atoms with E-state index in [-0.39, 0.29) is 25.0 Å². The molecule has 19 heavy (non-hydrogen) atoms. The number of carbonyl (C=O) groups excluding carboxylic acids is 2. The van der Waals surface area contributed by atoms with E-state index in [1.165, 1.54) is 0 Å². The van der Waals surface area contributed by atoms with Gasteiger partial charge in [-0.05, 0) is 24.6 Å². The van der Waals surface area contributed by atoms with Crippen LogP contribution in [0, 0.1) is 0 Å². The van der Waals surface area contributed by atoms with Gasteiger partial charge in [0.05, 0.1) is 6.04 Å². The van der Waals surface area contributed by atoms with E-state index < -0.39 is 5.97 Å². The number of esters is 1. The van der Waals surface area contributed by atoms with E-state index in [0.29, 0.717) is 10.0 Å². The van der Waals surface area contributed by atoms with Crippen molar-refractivity contribution in [2.45, 2.75) is 26.3 Å². The number of amides is 1. The predicted octanol–water partition coefficient (Wildman–Crippen LogP) is 3.12. The Balaban J connectivity index is 2.56. The van der Waals surface area contributed by atoms with Crippen LogP contribution in [0.4, 0.5) is 0 Å². The van der Waals surface area contributed by atoms with Crippen LogP contribution < -0.4 is 5.32 Å². The number of hydrogen-bond donors (Lipinski definition) is 1. The molecule has 0 aromatic heterocycles. The van der Waals surface area contributed by atoms with E-state index in [4.69, 9.17) is 27.9 Å². The maximum atomic E-state index is 11.6. The van der Waals surface area contributed by atoms with Crippen LogP contribution in [0.25, 0.3) is 0 Å². The molecule has 0 aliphatic heterocycles. The van der Waals surface area contributed by atoms with Crippen LogP contribution in [0.3, 0.4) is 0 Å². The van der Waals surface area contributed by atoms with Gasteiger partial charge in [-0.25, -0.2) is 0 Å². The molecular weight excluding hydrogens is 289 g/mol. The number of carbonyl (C=O) groups is 2. The Morgan fingerprint density at radius 3 is 2.63 bits per heavy atom. The largest absolute Gasteiger partial charge is 0.456 e. The molecule has 0 unspecified atom stereocenters. The molecule has 4 nitrogen and oxygen atoms in total. The van der Waals surface area contributed by atoms with Crippen molar-refractivity contribution in [3.63, 3.8) is 0 Å². The third-order valence-electron chi connectivity index (χ3n) is 2.46. The zero-order chi connectivity index (χ0) is 14.4. The summed E-state index contributed by atoms with van der Waals surface area (Å²) >= 11 is 11.8. The molecule has 0 bridgehead atoms. The fourth-order valence-corrected chi connectivity index (χ4v) is 2.03. The van der Waals surface area contributed by atoms with Gasteiger partial charge in [0.15, 0.2) is 6.61 Å². The van der Waals surface area contributed by atoms with Crippen molar-refractivity contribution in [1.82, 2.24) is 5.32 Å². The van der Waals surface area contributed by atoms with Crippen LogP contribution in [-0.2, 0) is 14.3 Å². The molecule has 104 valence electrons. The molecule has 0 fully saturated rings. The Labute approximate surface area is 122 Å². The number of halogens is 2. The van der Waals surface area contributed by atoms with Crippen molar-refractivity contribution in [1.29, 1.82) is 0 Å². The summed E-state index contributed by atoms with van der Waals surface area (Å²) in [5.74, 6) is -0.785. The van der Waals surface area contributed by atoms with Gasteiger partial charge in [0.1, 0.15) is 0 Å². The first-order valence-corrected chi connectivity index (χ1v) is 6.59. The molecule has 1 N–H and O–H groups in total. The zero-order valence-electron chi connectivity index (χ0n) is 10.7. The summed E-state index contributed by atoms with van der Waals surface area (Å²) in [6.07, 6.45) is 0.242. The average molecular weight is 304 g/mol. The SMILES string of the molecule is CCC(=O)OCC(=O)N[C@@H](C)c1ccc(Cl)cc1Cl. The van der Waals surface area contributed by atoms with Gasteiger partial charge in [-0.1, -0.05) is 36.2 Å². The number of hydrogen-bond acceptors (Lipinski definition) is 3. The maximum absolute atomic E-state index is 11.6. The van der Waals surface area contributed by atoms with Gasteiger partial charge >= 0.3 is 5.97 Å². The van der Waals surface area contributed by atoms with Gasteiger partial charge in [0, 0.05) is 16.5 Å². The second-order valence-electron chi connectivity index (χ2n) is 3.97. The molecule has 0 spiro atoms. The van der Waals surface area contributed by atoms with Crippen molar-refractivity contribution < 1.29 is 14.3 Å². The molecule has 0 heterocycles. The van der Waals surface area contributed by atoms with Crippen molar-refractivity contribution >= 4 is 35.1 Å². The lowest BCUT2D eigenvalue weighted by atomic mass is 10.1. The van der Waals surface area contributed by atoms with Gasteiger partial charge in [0.2, 0.25) is 0 Å². The molecule has 1 aromatic rings. The minimum Gasteiger partial charge on any atom is -0.456 e. The zero-order valence-corrected chi connectivity index (χ0v) is 12.2. The molecule has 6 heteroatoms. The molecule has 1 rings (SSSR count). The van der Waals surface area contributed by atoms with Crippen molar-refractivity contribution in [3.05, 3.63) is 33.8 Å². The summed E-state index contributed by atoms with van der Waals surface area (Å²) in [4.78, 5) is 22.5. The van der Waals surface area contributed by atoms with Gasteiger partial charge < -0.3 is 10.1 Å². The van der Waals surface area contributed by atoms with Crippen LogP contribution in [0.5, 0.6) is 0 Å². The van der Waals surface area contributed by atoms with Gasteiger partial charge in [-0.2, -0.15) is 0 Å². The van der Waals surface area contributed by atoms with E-state index in [1.807, 2.05) is 0 Å². The Morgan fingerprint density at radius 2 is 2.05 bits per heavy atom. The molecule has 0 aliphatic rings. The maximum Gasteiger partial charge on any atom is 0.306 e. The van der Waals surface area contributed by atoms with Crippen LogP contribution in [0.2, 0.25) is 10.0 Å². The number of rotatable bonds is 5. The van der Waals surface area contributed by atoms with Gasteiger partial charge in [0.25, 0.3) is 5.91 Å². The fourth-order valence-electron chi connectivity index (χ4n) is 1.46. The molecule has 1 amide bonds. The lowest BCUT2D eigenvalue weighted by Crippen LogP contribution is -2.31. The average Bonchev–Trinajstić information content (AvgIpc) is 2.35. The number of benzene rings is 1. The minimum absolute atomic E-state index is 0.242. The molecule has 0 saturated heterocycles. The molecule has 1 aromatic carbocycles. The lowest BCUT2D eigenvalue weighted by Gasteiger charge is -2.16. The molecule has 0 saturated carbocycles. The summed E-state index contributed by atoms with van der Waals surface area (Å²) in [6, 6.07) is 4.76. The van der Waals surface area contributed by atoms with Gasteiger partial charge in [-0.15, -0.1) is 0 Å². The first kappa shape index (κ1) is 15.8. The van der Waals surface area contributed by atoms with Crippen molar-refractivity contribution in [3.8, 4) is 0 Å². The lowest BCUT2D eigenvalue weighted by molar-refractivity contribution is -0.148. The highest BCUT2D eigenvalue weighted by atomic mass is 35.5. The summed E-state index contributed by atoms with van der Waals surface area (Å²) in [7, 11) is 0. The normalized spacial score (nSPS) is 11.8. The van der Waals surface area contributed by atoms with Crippen LogP contribution in [-0.4, -0.2) is 18.5 Å². The van der Waals surface area contributed by atoms with Crippen molar-refractivity contribution in [2.75, 3.05) is 6.61 Å². The standard InChI is InChI=1S/C13H15Cl2NO3/c1-3-13(18)19-7-12(17)16-8(2)10-5-4-9(14)6-11(10)15/h4-6,8H,3,7H2,1-2H3,(H,16,17)/t8-/m0/s1. The monoisotopic (exact) mass is 303 g/mol. The molecular formula is C13H15Cl2NO3.